The molecule has 28 heavy (non-hydrogen) atoms. The molecule has 5 rings (SSSR count). The van der Waals surface area contributed by atoms with E-state index in [0.717, 1.165) is 28.0 Å². The van der Waals surface area contributed by atoms with Gasteiger partial charge in [0.15, 0.2) is 5.15 Å². The number of imidazole rings is 1. The van der Waals surface area contributed by atoms with Crippen molar-refractivity contribution in [1.82, 2.24) is 29.6 Å². The summed E-state index contributed by atoms with van der Waals surface area (Å²) in [5.41, 5.74) is 3.98. The maximum atomic E-state index is 13.4. The Hall–Kier alpha value is -3.19. The van der Waals surface area contributed by atoms with E-state index in [1.54, 1.807) is 24.3 Å². The molecule has 0 bridgehead atoms. The maximum Gasteiger partial charge on any atom is 0.273 e. The Morgan fingerprint density at radius 2 is 2.11 bits per heavy atom. The van der Waals surface area contributed by atoms with Crippen LogP contribution in [-0.2, 0) is 13.5 Å². The van der Waals surface area contributed by atoms with E-state index in [9.17, 15) is 4.79 Å². The molecule has 1 atom stereocenters. The topological polar surface area (TPSA) is 79.7 Å². The molecule has 1 aliphatic heterocycles. The van der Waals surface area contributed by atoms with Crippen molar-refractivity contribution in [2.24, 2.45) is 7.05 Å². The van der Waals surface area contributed by atoms with Crippen molar-refractivity contribution in [3.8, 4) is 0 Å². The minimum Gasteiger partial charge on any atom is -0.348 e. The number of fused-ring (bicyclic) bond motifs is 2. The molecule has 1 aromatic carbocycles. The Labute approximate surface area is 166 Å². The van der Waals surface area contributed by atoms with Gasteiger partial charge in [-0.05, 0) is 12.1 Å². The molecule has 0 saturated carbocycles. The van der Waals surface area contributed by atoms with Crippen LogP contribution in [0, 0.1) is 0 Å². The Balaban J connectivity index is 1.64. The van der Waals surface area contributed by atoms with E-state index in [1.165, 1.54) is 4.68 Å². The van der Waals surface area contributed by atoms with Gasteiger partial charge in [-0.3, -0.25) is 14.5 Å². The summed E-state index contributed by atoms with van der Waals surface area (Å²) >= 11 is 6.00. The second-order valence-corrected chi connectivity index (χ2v) is 7.21. The highest BCUT2D eigenvalue weighted by Gasteiger charge is 2.36. The number of nitrogens with zero attached hydrogens (tertiary/aromatic N) is 5. The molecule has 0 saturated heterocycles. The number of halogens is 1. The van der Waals surface area contributed by atoms with Crippen LogP contribution in [0.4, 0.5) is 0 Å². The van der Waals surface area contributed by atoms with Crippen LogP contribution in [-0.4, -0.2) is 42.1 Å². The number of aromatic amines is 1. The van der Waals surface area contributed by atoms with Crippen LogP contribution in [0.1, 0.15) is 33.6 Å². The van der Waals surface area contributed by atoms with Gasteiger partial charge < -0.3 is 9.88 Å². The molecule has 0 aliphatic carbocycles. The maximum absolute atomic E-state index is 13.4. The van der Waals surface area contributed by atoms with Gasteiger partial charge in [0.05, 0.1) is 23.2 Å². The predicted molar refractivity (Wildman–Crippen MR) is 105 cm³/mol. The highest BCUT2D eigenvalue weighted by molar-refractivity contribution is 6.29. The van der Waals surface area contributed by atoms with Crippen molar-refractivity contribution in [2.45, 2.75) is 12.5 Å². The number of hydrogen-bond donors (Lipinski definition) is 1. The van der Waals surface area contributed by atoms with Crippen LogP contribution >= 0.6 is 11.6 Å². The van der Waals surface area contributed by atoms with Crippen molar-refractivity contribution < 1.29 is 4.79 Å². The number of aryl methyl sites for hydroxylation is 1. The Morgan fingerprint density at radius 3 is 2.93 bits per heavy atom. The molecule has 1 N–H and O–H groups in total. The summed E-state index contributed by atoms with van der Waals surface area (Å²) in [5, 5.41) is 5.45. The van der Waals surface area contributed by atoms with E-state index in [0.29, 0.717) is 23.8 Å². The number of pyridine rings is 1. The quantitative estimate of drug-likeness (QED) is 0.568. The minimum absolute atomic E-state index is 0.143. The molecule has 3 aromatic heterocycles. The highest BCUT2D eigenvalue weighted by atomic mass is 35.5. The molecule has 0 fully saturated rings. The van der Waals surface area contributed by atoms with E-state index in [1.807, 2.05) is 36.4 Å². The summed E-state index contributed by atoms with van der Waals surface area (Å²) < 4.78 is 1.51. The van der Waals surface area contributed by atoms with Crippen LogP contribution in [0.15, 0.2) is 48.8 Å². The van der Waals surface area contributed by atoms with Gasteiger partial charge in [-0.2, -0.15) is 5.10 Å². The van der Waals surface area contributed by atoms with E-state index in [2.05, 4.69) is 15.1 Å². The molecule has 1 aliphatic rings. The van der Waals surface area contributed by atoms with Crippen molar-refractivity contribution >= 4 is 28.4 Å². The number of aromatic nitrogens is 5. The molecule has 4 heterocycles. The molecule has 0 spiro atoms. The van der Waals surface area contributed by atoms with Gasteiger partial charge in [0.2, 0.25) is 0 Å². The monoisotopic (exact) mass is 392 g/mol. The average molecular weight is 393 g/mol. The van der Waals surface area contributed by atoms with Gasteiger partial charge in [-0.25, -0.2) is 4.98 Å². The lowest BCUT2D eigenvalue weighted by Crippen LogP contribution is -2.41. The fourth-order valence-electron chi connectivity index (χ4n) is 3.81. The first kappa shape index (κ1) is 16.9. The standard InChI is InChI=1S/C20H17ClN6O/c1-26-16(10-17(21)25-26)20(28)27-9-8-14-18(23-11-22-14)19(27)15-7-6-12-4-2-3-5-13(12)24-15/h2-7,10-11,19H,8-9H2,1H3,(H,22,23)/t19-/m1/s1. The van der Waals surface area contributed by atoms with Crippen LogP contribution in [0.3, 0.4) is 0 Å². The molecule has 1 amide bonds. The van der Waals surface area contributed by atoms with Crippen LogP contribution in [0.2, 0.25) is 5.15 Å². The summed E-state index contributed by atoms with van der Waals surface area (Å²) in [6, 6.07) is 13.2. The summed E-state index contributed by atoms with van der Waals surface area (Å²) in [7, 11) is 1.71. The number of H-pyrrole nitrogens is 1. The average Bonchev–Trinajstić information content (AvgIpc) is 3.32. The van der Waals surface area contributed by atoms with Crippen LogP contribution in [0.25, 0.3) is 10.9 Å². The van der Waals surface area contributed by atoms with E-state index in [-0.39, 0.29) is 11.9 Å². The van der Waals surface area contributed by atoms with Gasteiger partial charge in [0, 0.05) is 37.2 Å². The third kappa shape index (κ3) is 2.66. The van der Waals surface area contributed by atoms with Crippen LogP contribution in [0.5, 0.6) is 0 Å². The third-order valence-corrected chi connectivity index (χ3v) is 5.34. The molecule has 0 unspecified atom stereocenters. The number of hydrogen-bond acceptors (Lipinski definition) is 4. The summed E-state index contributed by atoms with van der Waals surface area (Å²) in [5.74, 6) is -0.143. The normalized spacial score (nSPS) is 16.4. The van der Waals surface area contributed by atoms with Gasteiger partial charge >= 0.3 is 0 Å². The molecule has 8 heteroatoms. The first-order chi connectivity index (χ1) is 13.6. The zero-order valence-electron chi connectivity index (χ0n) is 15.1. The first-order valence-corrected chi connectivity index (χ1v) is 9.38. The molecule has 7 nitrogen and oxygen atoms in total. The molecular formula is C20H17ClN6O. The van der Waals surface area contributed by atoms with E-state index >= 15 is 0 Å². The lowest BCUT2D eigenvalue weighted by atomic mass is 9.98. The second-order valence-electron chi connectivity index (χ2n) is 6.82. The number of carbonyl (C=O) groups is 1. The van der Waals surface area contributed by atoms with Crippen LogP contribution < -0.4 is 0 Å². The first-order valence-electron chi connectivity index (χ1n) is 9.00. The second kappa shape index (κ2) is 6.45. The molecule has 0 radical (unpaired) electrons. The zero-order chi connectivity index (χ0) is 19.3. The SMILES string of the molecule is Cn1nc(Cl)cc1C(=O)N1CCc2[nH]cnc2[C@H]1c1ccc2ccccc2n1. The van der Waals surface area contributed by atoms with Gasteiger partial charge in [0.1, 0.15) is 11.7 Å². The number of para-hydroxylation sites is 1. The van der Waals surface area contributed by atoms with Crippen molar-refractivity contribution in [2.75, 3.05) is 6.54 Å². The van der Waals surface area contributed by atoms with Gasteiger partial charge in [0.25, 0.3) is 5.91 Å². The molecular weight excluding hydrogens is 376 g/mol. The van der Waals surface area contributed by atoms with Gasteiger partial charge in [-0.15, -0.1) is 0 Å². The Kier molecular flexibility index (Phi) is 3.91. The molecule has 4 aromatic rings. The zero-order valence-corrected chi connectivity index (χ0v) is 15.9. The number of benzene rings is 1. The third-order valence-electron chi connectivity index (χ3n) is 5.16. The van der Waals surface area contributed by atoms with Crippen molar-refractivity contribution in [1.29, 1.82) is 0 Å². The largest absolute Gasteiger partial charge is 0.348 e. The van der Waals surface area contributed by atoms with E-state index in [4.69, 9.17) is 16.6 Å². The fraction of sp³-hybridized carbons (Fsp3) is 0.200. The smallest absolute Gasteiger partial charge is 0.273 e. The summed E-state index contributed by atoms with van der Waals surface area (Å²) in [6.07, 6.45) is 2.38. The summed E-state index contributed by atoms with van der Waals surface area (Å²) in [4.78, 5) is 27.7. The number of rotatable bonds is 2. The lowest BCUT2D eigenvalue weighted by Gasteiger charge is -2.34. The van der Waals surface area contributed by atoms with Crippen molar-refractivity contribution in [3.63, 3.8) is 0 Å². The minimum atomic E-state index is -0.374. The Bertz CT molecular complexity index is 1200. The Morgan fingerprint density at radius 1 is 1.25 bits per heavy atom. The summed E-state index contributed by atoms with van der Waals surface area (Å²) in [6.45, 7) is 0.552. The van der Waals surface area contributed by atoms with Crippen molar-refractivity contribution in [3.05, 3.63) is 76.7 Å². The number of carbonyl (C=O) groups excluding carboxylic acids is 1. The number of amides is 1. The fourth-order valence-corrected chi connectivity index (χ4v) is 4.03. The van der Waals surface area contributed by atoms with Gasteiger partial charge in [-0.1, -0.05) is 35.9 Å². The molecule has 140 valence electrons. The highest BCUT2D eigenvalue weighted by Crippen LogP contribution is 2.34. The number of nitrogens with one attached hydrogen (secondary N) is 1. The predicted octanol–water partition coefficient (Wildman–Crippen LogP) is 3.13. The lowest BCUT2D eigenvalue weighted by molar-refractivity contribution is 0.0676. The van der Waals surface area contributed by atoms with E-state index < -0.39 is 0 Å².